The minimum atomic E-state index is 0.106. The SMILES string of the molecule is CC/C=C/C[N+](C)(C)CCCOC(CC)COC(CC)COCC(CC)OCCC[N+](C)(C)C. The molecule has 0 amide bonds. The molecule has 3 atom stereocenters. The largest absolute Gasteiger partial charge is 0.376 e. The third-order valence-corrected chi connectivity index (χ3v) is 6.08. The van der Waals surface area contributed by atoms with Gasteiger partial charge < -0.3 is 27.9 Å². The molecule has 0 saturated carbocycles. The average molecular weight is 489 g/mol. The summed E-state index contributed by atoms with van der Waals surface area (Å²) in [7, 11) is 11.2. The molecule has 6 heteroatoms. The molecule has 0 aliphatic heterocycles. The second-order valence-corrected chi connectivity index (χ2v) is 11.1. The second kappa shape index (κ2) is 19.7. The van der Waals surface area contributed by atoms with Gasteiger partial charge in [-0.1, -0.05) is 33.8 Å². The highest BCUT2D eigenvalue weighted by molar-refractivity contribution is 4.79. The van der Waals surface area contributed by atoms with E-state index in [9.17, 15) is 0 Å². The maximum absolute atomic E-state index is 6.15. The Balaban J connectivity index is 4.11. The minimum Gasteiger partial charge on any atom is -0.376 e. The quantitative estimate of drug-likeness (QED) is 0.116. The van der Waals surface area contributed by atoms with Crippen LogP contribution in [0.15, 0.2) is 12.2 Å². The Bertz CT molecular complexity index is 491. The van der Waals surface area contributed by atoms with Gasteiger partial charge in [0, 0.05) is 12.8 Å². The number of ether oxygens (including phenoxy) is 4. The maximum atomic E-state index is 6.15. The van der Waals surface area contributed by atoms with Crippen LogP contribution >= 0.6 is 0 Å². The van der Waals surface area contributed by atoms with Gasteiger partial charge in [-0.25, -0.2) is 0 Å². The van der Waals surface area contributed by atoms with Crippen LogP contribution in [0.1, 0.15) is 66.2 Å². The predicted octanol–water partition coefficient (Wildman–Crippen LogP) is 4.92. The lowest BCUT2D eigenvalue weighted by molar-refractivity contribution is -0.884. The predicted molar refractivity (Wildman–Crippen MR) is 144 cm³/mol. The Morgan fingerprint density at radius 1 is 0.618 bits per heavy atom. The third kappa shape index (κ3) is 19.8. The molecule has 0 aliphatic rings. The minimum absolute atomic E-state index is 0.106. The molecule has 0 saturated heterocycles. The van der Waals surface area contributed by atoms with Crippen LogP contribution in [0.25, 0.3) is 0 Å². The molecule has 0 aromatic heterocycles. The Kier molecular flexibility index (Phi) is 19.4. The van der Waals surface area contributed by atoms with Crippen LogP contribution in [0.3, 0.4) is 0 Å². The van der Waals surface area contributed by atoms with Gasteiger partial charge in [0.2, 0.25) is 0 Å². The molecule has 0 aliphatic carbocycles. The Morgan fingerprint density at radius 2 is 1.12 bits per heavy atom. The summed E-state index contributed by atoms with van der Waals surface area (Å²) in [6.45, 7) is 15.4. The van der Waals surface area contributed by atoms with E-state index in [1.807, 2.05) is 0 Å². The number of hydrogen-bond donors (Lipinski definition) is 0. The van der Waals surface area contributed by atoms with E-state index in [1.54, 1.807) is 0 Å². The highest BCUT2D eigenvalue weighted by atomic mass is 16.6. The molecule has 0 aromatic carbocycles. The summed E-state index contributed by atoms with van der Waals surface area (Å²) in [5, 5.41) is 0. The van der Waals surface area contributed by atoms with Gasteiger partial charge in [0.1, 0.15) is 0 Å². The Morgan fingerprint density at radius 3 is 1.62 bits per heavy atom. The molecule has 0 N–H and O–H groups in total. The van der Waals surface area contributed by atoms with Crippen molar-refractivity contribution in [1.82, 2.24) is 0 Å². The van der Waals surface area contributed by atoms with Crippen molar-refractivity contribution in [2.75, 3.05) is 87.9 Å². The van der Waals surface area contributed by atoms with Gasteiger partial charge in [-0.3, -0.25) is 0 Å². The number of hydrogen-bond acceptors (Lipinski definition) is 4. The molecule has 0 aromatic rings. The molecule has 0 heterocycles. The number of quaternary nitrogens is 2. The summed E-state index contributed by atoms with van der Waals surface area (Å²) >= 11 is 0. The first-order chi connectivity index (χ1) is 16.1. The Labute approximate surface area is 212 Å². The first kappa shape index (κ1) is 33.5. The maximum Gasteiger partial charge on any atom is 0.0969 e. The van der Waals surface area contributed by atoms with Crippen molar-refractivity contribution in [3.05, 3.63) is 12.2 Å². The summed E-state index contributed by atoms with van der Waals surface area (Å²) in [5.74, 6) is 0. The van der Waals surface area contributed by atoms with Crippen LogP contribution in [0, 0.1) is 0 Å². The average Bonchev–Trinajstić information content (AvgIpc) is 2.78. The van der Waals surface area contributed by atoms with E-state index in [0.29, 0.717) is 19.8 Å². The van der Waals surface area contributed by atoms with Crippen LogP contribution < -0.4 is 0 Å². The molecule has 0 fully saturated rings. The summed E-state index contributed by atoms with van der Waals surface area (Å²) in [6, 6.07) is 0. The summed E-state index contributed by atoms with van der Waals surface area (Å²) in [5.41, 5.74) is 0. The van der Waals surface area contributed by atoms with Crippen molar-refractivity contribution in [3.63, 3.8) is 0 Å². The highest BCUT2D eigenvalue weighted by Gasteiger charge is 2.16. The van der Waals surface area contributed by atoms with Gasteiger partial charge in [-0.05, 0) is 31.8 Å². The van der Waals surface area contributed by atoms with Crippen molar-refractivity contribution in [1.29, 1.82) is 0 Å². The van der Waals surface area contributed by atoms with Gasteiger partial charge in [0.05, 0.1) is 106 Å². The number of rotatable bonds is 23. The zero-order valence-electron chi connectivity index (χ0n) is 24.3. The van der Waals surface area contributed by atoms with E-state index in [0.717, 1.165) is 80.3 Å². The van der Waals surface area contributed by atoms with Crippen LogP contribution in [0.5, 0.6) is 0 Å². The van der Waals surface area contributed by atoms with Crippen LogP contribution in [0.2, 0.25) is 0 Å². The van der Waals surface area contributed by atoms with E-state index >= 15 is 0 Å². The van der Waals surface area contributed by atoms with E-state index in [1.165, 1.54) is 0 Å². The molecule has 0 radical (unpaired) electrons. The summed E-state index contributed by atoms with van der Waals surface area (Å²) in [6.07, 6.45) is 11.1. The van der Waals surface area contributed by atoms with Crippen molar-refractivity contribution < 1.29 is 27.9 Å². The van der Waals surface area contributed by atoms with E-state index in [-0.39, 0.29) is 18.3 Å². The molecule has 0 rings (SSSR count). The normalized spacial score (nSPS) is 15.7. The lowest BCUT2D eigenvalue weighted by Gasteiger charge is -2.29. The van der Waals surface area contributed by atoms with Gasteiger partial charge in [-0.2, -0.15) is 0 Å². The highest BCUT2D eigenvalue weighted by Crippen LogP contribution is 2.08. The van der Waals surface area contributed by atoms with Gasteiger partial charge in [0.25, 0.3) is 0 Å². The van der Waals surface area contributed by atoms with Crippen molar-refractivity contribution in [2.24, 2.45) is 0 Å². The van der Waals surface area contributed by atoms with Gasteiger partial charge in [-0.15, -0.1) is 0 Å². The first-order valence-electron chi connectivity index (χ1n) is 13.8. The fourth-order valence-electron chi connectivity index (χ4n) is 3.58. The molecule has 0 spiro atoms. The van der Waals surface area contributed by atoms with E-state index in [4.69, 9.17) is 18.9 Å². The molecule has 3 unspecified atom stereocenters. The fourth-order valence-corrected chi connectivity index (χ4v) is 3.58. The first-order valence-corrected chi connectivity index (χ1v) is 13.8. The molecular formula is C28H60N2O4+2. The van der Waals surface area contributed by atoms with Crippen molar-refractivity contribution in [2.45, 2.75) is 84.5 Å². The molecular weight excluding hydrogens is 428 g/mol. The fraction of sp³-hybridized carbons (Fsp3) is 0.929. The lowest BCUT2D eigenvalue weighted by Crippen LogP contribution is -2.41. The standard InChI is InChI=1S/C28H60N2O4/c1-10-14-15-19-30(8,9)20-17-22-33-28(13-4)25-34-27(12-3)24-31-23-26(11-2)32-21-16-18-29(5,6)7/h14-15,26-28H,10-13,16-25H2,1-9H3/q+2/b15-14+. The summed E-state index contributed by atoms with van der Waals surface area (Å²) in [4.78, 5) is 0. The van der Waals surface area contributed by atoms with Crippen LogP contribution in [-0.2, 0) is 18.9 Å². The molecule has 34 heavy (non-hydrogen) atoms. The van der Waals surface area contributed by atoms with Crippen molar-refractivity contribution >= 4 is 0 Å². The zero-order valence-corrected chi connectivity index (χ0v) is 24.3. The smallest absolute Gasteiger partial charge is 0.0969 e. The van der Waals surface area contributed by atoms with E-state index < -0.39 is 0 Å². The lowest BCUT2D eigenvalue weighted by atomic mass is 10.2. The number of nitrogens with zero attached hydrogens (tertiary/aromatic N) is 2. The second-order valence-electron chi connectivity index (χ2n) is 11.1. The third-order valence-electron chi connectivity index (χ3n) is 6.08. The van der Waals surface area contributed by atoms with Crippen LogP contribution in [-0.4, -0.2) is 115 Å². The monoisotopic (exact) mass is 488 g/mol. The molecule has 0 bridgehead atoms. The zero-order chi connectivity index (χ0) is 25.9. The molecule has 6 nitrogen and oxygen atoms in total. The summed E-state index contributed by atoms with van der Waals surface area (Å²) < 4.78 is 26.3. The van der Waals surface area contributed by atoms with Crippen molar-refractivity contribution in [3.8, 4) is 0 Å². The topological polar surface area (TPSA) is 36.9 Å². The van der Waals surface area contributed by atoms with Crippen LogP contribution in [0.4, 0.5) is 0 Å². The number of allylic oxidation sites excluding steroid dienone is 1. The molecule has 204 valence electrons. The van der Waals surface area contributed by atoms with Gasteiger partial charge in [0.15, 0.2) is 0 Å². The van der Waals surface area contributed by atoms with Gasteiger partial charge >= 0.3 is 0 Å². The Hall–Kier alpha value is -0.500. The number of likely N-dealkylation sites (N-methyl/N-ethyl adjacent to an activating group) is 1. The van der Waals surface area contributed by atoms with E-state index in [2.05, 4.69) is 75.1 Å².